The number of nitrogens with one attached hydrogen (secondary N) is 2. The first kappa shape index (κ1) is 18.2. The average molecular weight is 414 g/mol. The molecule has 2 rings (SSSR count). The van der Waals surface area contributed by atoms with Crippen LogP contribution in [0.3, 0.4) is 0 Å². The summed E-state index contributed by atoms with van der Waals surface area (Å²) in [7, 11) is 1.32. The van der Waals surface area contributed by atoms with E-state index in [4.69, 9.17) is 45.5 Å². The van der Waals surface area contributed by atoms with Gasteiger partial charge in [0.25, 0.3) is 9.05 Å². The van der Waals surface area contributed by atoms with Crippen molar-refractivity contribution in [2.75, 3.05) is 10.6 Å². The molecule has 10 heteroatoms. The smallest absolute Gasteiger partial charge is 0.308 e. The van der Waals surface area contributed by atoms with Crippen LogP contribution in [0.5, 0.6) is 0 Å². The summed E-state index contributed by atoms with van der Waals surface area (Å²) in [6.07, 6.45) is 0. The highest BCUT2D eigenvalue weighted by atomic mass is 35.7. The minimum Gasteiger partial charge on any atom is -0.308 e. The maximum atomic E-state index is 11.9. The van der Waals surface area contributed by atoms with Crippen molar-refractivity contribution in [1.29, 1.82) is 0 Å². The lowest BCUT2D eigenvalue weighted by molar-refractivity contribution is 0.262. The van der Waals surface area contributed by atoms with Crippen molar-refractivity contribution in [2.45, 2.75) is 4.90 Å². The number of rotatable bonds is 3. The van der Waals surface area contributed by atoms with Crippen LogP contribution in [-0.4, -0.2) is 14.4 Å². The van der Waals surface area contributed by atoms with E-state index < -0.39 is 15.1 Å². The Kier molecular flexibility index (Phi) is 5.65. The van der Waals surface area contributed by atoms with Crippen LogP contribution in [0.25, 0.3) is 0 Å². The van der Waals surface area contributed by atoms with Crippen LogP contribution in [0.2, 0.25) is 15.1 Å². The van der Waals surface area contributed by atoms with Crippen molar-refractivity contribution in [3.05, 3.63) is 51.5 Å². The molecule has 2 aromatic carbocycles. The predicted octanol–water partition coefficient (Wildman–Crippen LogP) is 5.22. The molecule has 0 aromatic heterocycles. The zero-order valence-electron chi connectivity index (χ0n) is 11.1. The van der Waals surface area contributed by atoms with Crippen molar-refractivity contribution in [2.24, 2.45) is 0 Å². The molecule has 0 heterocycles. The summed E-state index contributed by atoms with van der Waals surface area (Å²) in [5.74, 6) is 0. The first-order chi connectivity index (χ1) is 10.7. The number of halogens is 4. The fourth-order valence-electron chi connectivity index (χ4n) is 1.61. The highest BCUT2D eigenvalue weighted by Gasteiger charge is 2.13. The van der Waals surface area contributed by atoms with Gasteiger partial charge in [-0.2, -0.15) is 0 Å². The molecule has 0 atom stereocenters. The molecule has 2 aromatic rings. The number of carbonyl (C=O) groups is 1. The summed E-state index contributed by atoms with van der Waals surface area (Å²) in [5, 5.41) is 5.68. The van der Waals surface area contributed by atoms with E-state index in [0.717, 1.165) is 6.07 Å². The first-order valence-corrected chi connectivity index (χ1v) is 9.38. The lowest BCUT2D eigenvalue weighted by Gasteiger charge is -2.10. The molecule has 0 aliphatic carbocycles. The number of anilines is 2. The highest BCUT2D eigenvalue weighted by molar-refractivity contribution is 8.13. The van der Waals surface area contributed by atoms with Gasteiger partial charge in [-0.15, -0.1) is 0 Å². The van der Waals surface area contributed by atoms with Crippen LogP contribution in [-0.2, 0) is 9.05 Å². The average Bonchev–Trinajstić information content (AvgIpc) is 2.44. The van der Waals surface area contributed by atoms with Gasteiger partial charge in [0.2, 0.25) is 0 Å². The second kappa shape index (κ2) is 7.15. The molecular formula is C13H8Cl4N2O3S. The van der Waals surface area contributed by atoms with Gasteiger partial charge in [0.05, 0.1) is 25.7 Å². The van der Waals surface area contributed by atoms with E-state index in [2.05, 4.69) is 10.6 Å². The molecule has 0 saturated heterocycles. The van der Waals surface area contributed by atoms with E-state index >= 15 is 0 Å². The van der Waals surface area contributed by atoms with E-state index in [1.165, 1.54) is 24.3 Å². The Labute approximate surface area is 151 Å². The third-order valence-electron chi connectivity index (χ3n) is 2.65. The van der Waals surface area contributed by atoms with Crippen LogP contribution in [0.15, 0.2) is 41.3 Å². The van der Waals surface area contributed by atoms with Gasteiger partial charge in [-0.25, -0.2) is 13.2 Å². The van der Waals surface area contributed by atoms with Gasteiger partial charge in [-0.1, -0.05) is 34.8 Å². The zero-order valence-corrected chi connectivity index (χ0v) is 14.9. The Morgan fingerprint density at radius 2 is 1.57 bits per heavy atom. The van der Waals surface area contributed by atoms with Crippen LogP contribution in [0.4, 0.5) is 16.2 Å². The van der Waals surface area contributed by atoms with Crippen LogP contribution in [0.1, 0.15) is 0 Å². The predicted molar refractivity (Wildman–Crippen MR) is 93.6 cm³/mol. The molecule has 5 nitrogen and oxygen atoms in total. The number of urea groups is 1. The highest BCUT2D eigenvalue weighted by Crippen LogP contribution is 2.28. The summed E-state index contributed by atoms with van der Waals surface area (Å²) in [4.78, 5) is 11.7. The summed E-state index contributed by atoms with van der Waals surface area (Å²) in [5.41, 5.74) is 0.640. The van der Waals surface area contributed by atoms with Crippen molar-refractivity contribution in [3.8, 4) is 0 Å². The van der Waals surface area contributed by atoms with Gasteiger partial charge in [0.1, 0.15) is 0 Å². The second-order valence-electron chi connectivity index (χ2n) is 4.29. The topological polar surface area (TPSA) is 75.3 Å². The first-order valence-electron chi connectivity index (χ1n) is 5.94. The molecule has 0 aliphatic heterocycles. The van der Waals surface area contributed by atoms with Crippen molar-refractivity contribution >= 4 is 71.9 Å². The normalized spacial score (nSPS) is 11.1. The molecule has 0 radical (unpaired) electrons. The fraction of sp³-hybridized carbons (Fsp3) is 0. The van der Waals surface area contributed by atoms with E-state index in [9.17, 15) is 13.2 Å². The number of benzene rings is 2. The van der Waals surface area contributed by atoms with Gasteiger partial charge in [0.15, 0.2) is 0 Å². The SMILES string of the molecule is O=C(Nc1ccc(Cl)c(Cl)c1)Nc1ccc(S(=O)(=O)Cl)cc1Cl. The third kappa shape index (κ3) is 4.89. The van der Waals surface area contributed by atoms with Crippen molar-refractivity contribution < 1.29 is 13.2 Å². The zero-order chi connectivity index (χ0) is 17.2. The monoisotopic (exact) mass is 412 g/mol. The molecule has 2 N–H and O–H groups in total. The van der Waals surface area contributed by atoms with Gasteiger partial charge in [0, 0.05) is 16.4 Å². The molecule has 0 saturated carbocycles. The van der Waals surface area contributed by atoms with Crippen LogP contribution >= 0.6 is 45.5 Å². The summed E-state index contributed by atoms with van der Waals surface area (Å²) in [6, 6.07) is 7.68. The Morgan fingerprint density at radius 1 is 0.870 bits per heavy atom. The molecule has 0 bridgehead atoms. The standard InChI is InChI=1S/C13H8Cl4N2O3S/c14-9-3-1-7(5-10(9)15)18-13(20)19-12-4-2-8(6-11(12)16)23(17,21)22/h1-6H,(H2,18,19,20). The Morgan fingerprint density at radius 3 is 2.13 bits per heavy atom. The molecule has 122 valence electrons. The van der Waals surface area contributed by atoms with E-state index in [0.29, 0.717) is 15.7 Å². The van der Waals surface area contributed by atoms with E-state index in [1.54, 1.807) is 6.07 Å². The Balaban J connectivity index is 2.12. The maximum Gasteiger partial charge on any atom is 0.323 e. The fourth-order valence-corrected chi connectivity index (χ4v) is 2.98. The molecule has 2 amide bonds. The molecule has 23 heavy (non-hydrogen) atoms. The molecule has 0 unspecified atom stereocenters. The Hall–Kier alpha value is -1.18. The van der Waals surface area contributed by atoms with Crippen molar-refractivity contribution in [1.82, 2.24) is 0 Å². The summed E-state index contributed by atoms with van der Waals surface area (Å²) >= 11 is 17.6. The lowest BCUT2D eigenvalue weighted by atomic mass is 10.3. The van der Waals surface area contributed by atoms with Crippen molar-refractivity contribution in [3.63, 3.8) is 0 Å². The summed E-state index contributed by atoms with van der Waals surface area (Å²) < 4.78 is 22.4. The van der Waals surface area contributed by atoms with Gasteiger partial charge in [-0.3, -0.25) is 0 Å². The van der Waals surface area contributed by atoms with Crippen LogP contribution in [0, 0.1) is 0 Å². The summed E-state index contributed by atoms with van der Waals surface area (Å²) in [6.45, 7) is 0. The minimum absolute atomic E-state index is 0.0241. The molecule has 0 aliphatic rings. The van der Waals surface area contributed by atoms with E-state index in [1.807, 2.05) is 0 Å². The van der Waals surface area contributed by atoms with Crippen LogP contribution < -0.4 is 10.6 Å². The number of amides is 2. The lowest BCUT2D eigenvalue weighted by Crippen LogP contribution is -2.19. The number of carbonyl (C=O) groups excluding carboxylic acids is 1. The third-order valence-corrected chi connectivity index (χ3v) is 5.05. The van der Waals surface area contributed by atoms with Gasteiger partial charge in [-0.05, 0) is 36.4 Å². The van der Waals surface area contributed by atoms with Gasteiger partial charge < -0.3 is 10.6 Å². The second-order valence-corrected chi connectivity index (χ2v) is 8.08. The van der Waals surface area contributed by atoms with E-state index in [-0.39, 0.29) is 15.6 Å². The minimum atomic E-state index is -3.90. The largest absolute Gasteiger partial charge is 0.323 e. The molecular weight excluding hydrogens is 406 g/mol. The number of hydrogen-bond acceptors (Lipinski definition) is 3. The quantitative estimate of drug-likeness (QED) is 0.677. The molecule has 0 spiro atoms. The number of hydrogen-bond donors (Lipinski definition) is 2. The van der Waals surface area contributed by atoms with Gasteiger partial charge >= 0.3 is 6.03 Å². The molecule has 0 fully saturated rings. The maximum absolute atomic E-state index is 11.9. The Bertz CT molecular complexity index is 872.